The van der Waals surface area contributed by atoms with Crippen LogP contribution in [0, 0.1) is 0 Å². The van der Waals surface area contributed by atoms with Crippen LogP contribution < -0.4 is 0 Å². The van der Waals surface area contributed by atoms with E-state index in [4.69, 9.17) is 0 Å². The second kappa shape index (κ2) is 7.87. The molecule has 1 fully saturated rings. The molecule has 1 amide bonds. The normalized spacial score (nSPS) is 20.8. The van der Waals surface area contributed by atoms with Crippen LogP contribution in [0.25, 0.3) is 0 Å². The minimum absolute atomic E-state index is 0.00137. The van der Waals surface area contributed by atoms with E-state index >= 15 is 0 Å². The first-order valence-electron chi connectivity index (χ1n) is 9.66. The summed E-state index contributed by atoms with van der Waals surface area (Å²) in [6.07, 6.45) is -0.513. The van der Waals surface area contributed by atoms with Crippen molar-refractivity contribution in [2.45, 2.75) is 44.4 Å². The molecule has 3 heterocycles. The van der Waals surface area contributed by atoms with Crippen molar-refractivity contribution in [1.82, 2.24) is 9.80 Å². The molecule has 150 valence electrons. The number of likely N-dealkylation sites (tertiary alicyclic amines) is 1. The van der Waals surface area contributed by atoms with Crippen LogP contribution in [0.4, 0.5) is 13.2 Å². The van der Waals surface area contributed by atoms with Crippen LogP contribution in [0.1, 0.15) is 46.9 Å². The van der Waals surface area contributed by atoms with Gasteiger partial charge in [-0.25, -0.2) is 0 Å². The van der Waals surface area contributed by atoms with Gasteiger partial charge in [-0.05, 0) is 60.5 Å². The van der Waals surface area contributed by atoms with Crippen LogP contribution in [-0.4, -0.2) is 35.3 Å². The zero-order valence-corrected chi connectivity index (χ0v) is 16.4. The lowest BCUT2D eigenvalue weighted by Gasteiger charge is -2.37. The zero-order valence-electron chi connectivity index (χ0n) is 15.5. The number of carbonyl (C=O) groups is 1. The molecule has 7 heteroatoms. The standard InChI is InChI=1S/C21H23F3N2OS/c22-21(23,24)17-6-4-15(5-7-17)18-3-1-2-10-25(18)14-20(27)26-11-8-19-16(13-26)9-12-28-19/h4-7,9,12,18H,1-3,8,10-11,13-14H2. The van der Waals surface area contributed by atoms with E-state index in [-0.39, 0.29) is 11.9 Å². The molecule has 4 rings (SSSR count). The van der Waals surface area contributed by atoms with Crippen LogP contribution in [0.5, 0.6) is 0 Å². The van der Waals surface area contributed by atoms with E-state index in [1.165, 1.54) is 10.4 Å². The third-order valence-corrected chi connectivity index (χ3v) is 6.76. The van der Waals surface area contributed by atoms with Gasteiger partial charge < -0.3 is 4.90 Å². The first-order valence-corrected chi connectivity index (χ1v) is 10.5. The maximum atomic E-state index is 12.9. The van der Waals surface area contributed by atoms with Crippen molar-refractivity contribution < 1.29 is 18.0 Å². The Balaban J connectivity index is 1.45. The van der Waals surface area contributed by atoms with E-state index in [0.29, 0.717) is 13.1 Å². The van der Waals surface area contributed by atoms with Crippen molar-refractivity contribution >= 4 is 17.2 Å². The summed E-state index contributed by atoms with van der Waals surface area (Å²) in [6.45, 7) is 2.53. The number of amides is 1. The number of rotatable bonds is 3. The zero-order chi connectivity index (χ0) is 19.7. The van der Waals surface area contributed by atoms with Crippen molar-refractivity contribution in [2.24, 2.45) is 0 Å². The topological polar surface area (TPSA) is 23.6 Å². The highest BCUT2D eigenvalue weighted by molar-refractivity contribution is 7.10. The molecule has 28 heavy (non-hydrogen) atoms. The Bertz CT molecular complexity index is 831. The Morgan fingerprint density at radius 2 is 1.89 bits per heavy atom. The molecule has 1 aromatic carbocycles. The number of halogens is 3. The Morgan fingerprint density at radius 3 is 2.64 bits per heavy atom. The van der Waals surface area contributed by atoms with Crippen molar-refractivity contribution in [3.63, 3.8) is 0 Å². The summed E-state index contributed by atoms with van der Waals surface area (Å²) in [5.41, 5.74) is 1.47. The smallest absolute Gasteiger partial charge is 0.337 e. The minimum atomic E-state index is -4.32. The number of benzene rings is 1. The van der Waals surface area contributed by atoms with Crippen molar-refractivity contribution in [3.05, 3.63) is 57.3 Å². The van der Waals surface area contributed by atoms with Crippen LogP contribution in [0.15, 0.2) is 35.7 Å². The van der Waals surface area contributed by atoms with Crippen molar-refractivity contribution in [3.8, 4) is 0 Å². The Morgan fingerprint density at radius 1 is 1.11 bits per heavy atom. The highest BCUT2D eigenvalue weighted by atomic mass is 32.1. The summed E-state index contributed by atoms with van der Waals surface area (Å²) < 4.78 is 38.5. The maximum absolute atomic E-state index is 12.9. The van der Waals surface area contributed by atoms with Crippen LogP contribution in [0.2, 0.25) is 0 Å². The number of fused-ring (bicyclic) bond motifs is 1. The summed E-state index contributed by atoms with van der Waals surface area (Å²) in [5.74, 6) is 0.107. The molecule has 1 unspecified atom stereocenters. The van der Waals surface area contributed by atoms with Crippen LogP contribution in [-0.2, 0) is 23.9 Å². The number of alkyl halides is 3. The van der Waals surface area contributed by atoms with E-state index in [0.717, 1.165) is 56.5 Å². The Hall–Kier alpha value is -1.86. The molecule has 3 nitrogen and oxygen atoms in total. The molecular weight excluding hydrogens is 385 g/mol. The van der Waals surface area contributed by atoms with Gasteiger partial charge in [0.25, 0.3) is 0 Å². The van der Waals surface area contributed by atoms with Crippen molar-refractivity contribution in [1.29, 1.82) is 0 Å². The molecule has 2 aliphatic heterocycles. The average Bonchev–Trinajstić information content (AvgIpc) is 3.15. The largest absolute Gasteiger partial charge is 0.416 e. The number of thiophene rings is 1. The average molecular weight is 408 g/mol. The molecule has 0 spiro atoms. The van der Waals surface area contributed by atoms with Gasteiger partial charge in [0.05, 0.1) is 12.1 Å². The predicted octanol–water partition coefficient (Wildman–Crippen LogP) is 4.88. The molecular formula is C21H23F3N2OS. The van der Waals surface area contributed by atoms with Gasteiger partial charge in [-0.1, -0.05) is 18.6 Å². The Kier molecular flexibility index (Phi) is 5.47. The third kappa shape index (κ3) is 4.10. The van der Waals surface area contributed by atoms with Crippen LogP contribution >= 0.6 is 11.3 Å². The molecule has 0 aliphatic carbocycles. The molecule has 1 saturated heterocycles. The van der Waals surface area contributed by atoms with E-state index in [2.05, 4.69) is 16.3 Å². The molecule has 2 aliphatic rings. The fraction of sp³-hybridized carbons (Fsp3) is 0.476. The molecule has 0 radical (unpaired) electrons. The predicted molar refractivity (Wildman–Crippen MR) is 103 cm³/mol. The van der Waals surface area contributed by atoms with Gasteiger partial charge in [0.1, 0.15) is 0 Å². The third-order valence-electron chi connectivity index (χ3n) is 5.74. The fourth-order valence-corrected chi connectivity index (χ4v) is 5.08. The Labute approximate surface area is 166 Å². The van der Waals surface area contributed by atoms with Gasteiger partial charge in [0.15, 0.2) is 0 Å². The molecule has 1 aromatic heterocycles. The summed E-state index contributed by atoms with van der Waals surface area (Å²) in [7, 11) is 0. The second-order valence-electron chi connectivity index (χ2n) is 7.54. The number of piperidine rings is 1. The highest BCUT2D eigenvalue weighted by Crippen LogP contribution is 2.34. The van der Waals surface area contributed by atoms with Gasteiger partial charge in [0.2, 0.25) is 5.91 Å². The van der Waals surface area contributed by atoms with Gasteiger partial charge >= 0.3 is 6.18 Å². The monoisotopic (exact) mass is 408 g/mol. The first kappa shape index (κ1) is 19.5. The molecule has 0 bridgehead atoms. The molecule has 0 N–H and O–H groups in total. The first-order chi connectivity index (χ1) is 13.4. The lowest BCUT2D eigenvalue weighted by atomic mass is 9.94. The van der Waals surface area contributed by atoms with E-state index in [9.17, 15) is 18.0 Å². The van der Waals surface area contributed by atoms with Crippen molar-refractivity contribution in [2.75, 3.05) is 19.6 Å². The van der Waals surface area contributed by atoms with Crippen LogP contribution in [0.3, 0.4) is 0 Å². The SMILES string of the molecule is O=C(CN1CCCCC1c1ccc(C(F)(F)F)cc1)N1CCc2sccc2C1. The van der Waals surface area contributed by atoms with E-state index in [1.807, 2.05) is 4.90 Å². The van der Waals surface area contributed by atoms with E-state index < -0.39 is 11.7 Å². The molecule has 2 aromatic rings. The summed E-state index contributed by atoms with van der Waals surface area (Å²) in [5, 5.41) is 2.07. The maximum Gasteiger partial charge on any atom is 0.416 e. The number of carbonyl (C=O) groups excluding carboxylic acids is 1. The number of hydrogen-bond donors (Lipinski definition) is 0. The molecule has 0 saturated carbocycles. The van der Waals surface area contributed by atoms with Gasteiger partial charge in [0, 0.05) is 24.0 Å². The number of nitrogens with zero attached hydrogens (tertiary/aromatic N) is 2. The van der Waals surface area contributed by atoms with E-state index in [1.54, 1.807) is 23.5 Å². The number of hydrogen-bond acceptors (Lipinski definition) is 3. The lowest BCUT2D eigenvalue weighted by Crippen LogP contribution is -2.44. The van der Waals surface area contributed by atoms with Gasteiger partial charge in [-0.3, -0.25) is 9.69 Å². The second-order valence-corrected chi connectivity index (χ2v) is 8.54. The highest BCUT2D eigenvalue weighted by Gasteiger charge is 2.32. The minimum Gasteiger partial charge on any atom is -0.337 e. The summed E-state index contributed by atoms with van der Waals surface area (Å²) in [4.78, 5) is 18.3. The van der Waals surface area contributed by atoms with Gasteiger partial charge in [-0.15, -0.1) is 11.3 Å². The summed E-state index contributed by atoms with van der Waals surface area (Å²) >= 11 is 1.75. The quantitative estimate of drug-likeness (QED) is 0.723. The molecule has 1 atom stereocenters. The van der Waals surface area contributed by atoms with Gasteiger partial charge in [-0.2, -0.15) is 13.2 Å². The fourth-order valence-electron chi connectivity index (χ4n) is 4.19. The lowest BCUT2D eigenvalue weighted by molar-refractivity contribution is -0.137. The summed E-state index contributed by atoms with van der Waals surface area (Å²) in [6, 6.07) is 7.51.